The van der Waals surface area contributed by atoms with Crippen molar-refractivity contribution >= 4 is 57.9 Å². The Labute approximate surface area is 357 Å². The van der Waals surface area contributed by atoms with Gasteiger partial charge < -0.3 is 39.8 Å². The van der Waals surface area contributed by atoms with Crippen LogP contribution in [0.5, 0.6) is 5.88 Å². The van der Waals surface area contributed by atoms with Crippen molar-refractivity contribution in [2.75, 3.05) is 51.5 Å². The highest BCUT2D eigenvalue weighted by molar-refractivity contribution is 6.22. The number of hydrogen-bond acceptors (Lipinski definition) is 11. The van der Waals surface area contributed by atoms with Gasteiger partial charge in [-0.2, -0.15) is 0 Å². The lowest BCUT2D eigenvalue weighted by atomic mass is 10.00. The van der Waals surface area contributed by atoms with E-state index in [0.717, 1.165) is 22.2 Å². The molecule has 62 heavy (non-hydrogen) atoms. The molecule has 0 radical (unpaired) electrons. The Kier molecular flexibility index (Phi) is 14.6. The summed E-state index contributed by atoms with van der Waals surface area (Å²) in [6.45, 7) is 3.78. The van der Waals surface area contributed by atoms with Gasteiger partial charge in [0.15, 0.2) is 12.2 Å². The second-order valence-corrected chi connectivity index (χ2v) is 14.6. The largest absolute Gasteiger partial charge is 0.494 e. The first-order chi connectivity index (χ1) is 30.3. The number of amides is 4. The number of anilines is 1. The van der Waals surface area contributed by atoms with Crippen LogP contribution in [-0.4, -0.2) is 103 Å². The second kappa shape index (κ2) is 21.0. The molecule has 1 saturated heterocycles. The zero-order valence-corrected chi connectivity index (χ0v) is 33.9. The third kappa shape index (κ3) is 11.0. The summed E-state index contributed by atoms with van der Waals surface area (Å²) in [5, 5.41) is 20.3. The second-order valence-electron chi connectivity index (χ2n) is 14.6. The molecule has 1 fully saturated rings. The van der Waals surface area contributed by atoms with Crippen LogP contribution < -0.4 is 16.0 Å². The van der Waals surface area contributed by atoms with Gasteiger partial charge in [-0.1, -0.05) is 54.5 Å². The van der Waals surface area contributed by atoms with Crippen LogP contribution >= 0.6 is 0 Å². The number of aromatic hydroxyl groups is 1. The number of aliphatic imine (C=N–C) groups is 1. The molecule has 2 aliphatic rings. The van der Waals surface area contributed by atoms with E-state index < -0.39 is 11.9 Å². The summed E-state index contributed by atoms with van der Waals surface area (Å²) in [5.41, 5.74) is 6.89. The van der Waals surface area contributed by atoms with Gasteiger partial charge in [0.05, 0.1) is 68.5 Å². The quantitative estimate of drug-likeness (QED) is 0.0259. The van der Waals surface area contributed by atoms with E-state index in [1.807, 2.05) is 60.7 Å². The van der Waals surface area contributed by atoms with Crippen molar-refractivity contribution in [1.82, 2.24) is 20.5 Å². The van der Waals surface area contributed by atoms with E-state index >= 15 is 0 Å². The maximum atomic E-state index is 12.9. The van der Waals surface area contributed by atoms with E-state index in [1.54, 1.807) is 30.3 Å². The van der Waals surface area contributed by atoms with Crippen LogP contribution in [0.4, 0.5) is 11.4 Å². The zero-order valence-electron chi connectivity index (χ0n) is 33.9. The molecule has 15 heteroatoms. The lowest BCUT2D eigenvalue weighted by Crippen LogP contribution is -2.52. The molecule has 0 bridgehead atoms. The first kappa shape index (κ1) is 43.1. The SMILES string of the molecule is O=CC#Cc1ccc2c(C(=Nc3ccc(CNCCOCCOCCOCCC(=O)Nc4ccc5c(c4)CN(C4CCC(=O)NC4=O)C5=O)cc3)c3ccccc3)c(O)[nH]c2c1. The first-order valence-corrected chi connectivity index (χ1v) is 20.3. The summed E-state index contributed by atoms with van der Waals surface area (Å²) < 4.78 is 16.8. The van der Waals surface area contributed by atoms with Crippen molar-refractivity contribution in [3.05, 3.63) is 124 Å². The molecule has 2 aliphatic heterocycles. The Bertz CT molecular complexity index is 2520. The van der Waals surface area contributed by atoms with Crippen molar-refractivity contribution in [3.8, 4) is 17.7 Å². The van der Waals surface area contributed by atoms with Crippen LogP contribution in [0.15, 0.2) is 96.0 Å². The molecule has 0 aliphatic carbocycles. The minimum atomic E-state index is -0.694. The molecular weight excluding hydrogens is 793 g/mol. The Morgan fingerprint density at radius 1 is 0.903 bits per heavy atom. The van der Waals surface area contributed by atoms with E-state index in [2.05, 4.69) is 32.8 Å². The average molecular weight is 839 g/mol. The highest BCUT2D eigenvalue weighted by atomic mass is 16.5. The monoisotopic (exact) mass is 838 g/mol. The molecule has 5 aromatic rings. The number of benzene rings is 4. The van der Waals surface area contributed by atoms with Crippen LogP contribution in [0.25, 0.3) is 10.9 Å². The van der Waals surface area contributed by atoms with Crippen LogP contribution in [0, 0.1) is 11.8 Å². The fraction of sp³-hybridized carbons (Fsp3) is 0.277. The minimum Gasteiger partial charge on any atom is -0.494 e. The third-order valence-electron chi connectivity index (χ3n) is 10.3. The molecule has 0 spiro atoms. The van der Waals surface area contributed by atoms with Crippen LogP contribution in [0.3, 0.4) is 0 Å². The zero-order chi connectivity index (χ0) is 43.3. The average Bonchev–Trinajstić information content (AvgIpc) is 3.78. The van der Waals surface area contributed by atoms with E-state index in [9.17, 15) is 29.1 Å². The molecule has 1 aromatic heterocycles. The predicted octanol–water partition coefficient (Wildman–Crippen LogP) is 4.52. The minimum absolute atomic E-state index is 0.0123. The van der Waals surface area contributed by atoms with E-state index in [-0.39, 0.29) is 56.0 Å². The number of hydrogen-bond donors (Lipinski definition) is 5. The highest BCUT2D eigenvalue weighted by Gasteiger charge is 2.39. The summed E-state index contributed by atoms with van der Waals surface area (Å²) >= 11 is 0. The summed E-state index contributed by atoms with van der Waals surface area (Å²) in [6, 6.07) is 27.3. The Morgan fingerprint density at radius 3 is 2.42 bits per heavy atom. The van der Waals surface area contributed by atoms with Gasteiger partial charge in [-0.15, -0.1) is 0 Å². The lowest BCUT2D eigenvalue weighted by Gasteiger charge is -2.29. The van der Waals surface area contributed by atoms with Crippen molar-refractivity contribution < 1.29 is 43.3 Å². The summed E-state index contributed by atoms with van der Waals surface area (Å²) in [7, 11) is 0. The molecule has 318 valence electrons. The van der Waals surface area contributed by atoms with Gasteiger partial charge in [0.1, 0.15) is 6.04 Å². The predicted molar refractivity (Wildman–Crippen MR) is 231 cm³/mol. The molecule has 15 nitrogen and oxygen atoms in total. The number of aromatic nitrogens is 1. The van der Waals surface area contributed by atoms with Crippen molar-refractivity contribution in [2.24, 2.45) is 4.99 Å². The molecule has 5 N–H and O–H groups in total. The van der Waals surface area contributed by atoms with E-state index in [4.69, 9.17) is 19.2 Å². The standard InChI is InChI=1S/C47H46N6O9/c54-20-4-5-31-10-14-38-39(27-31)51-46(58)43(38)44(33-6-2-1-3-7-33)50-35-11-8-32(9-12-35)29-48-19-22-61-24-26-62-25-23-60-21-18-42(56)49-36-13-15-37-34(28-36)30-53(47(37)59)40-16-17-41(55)52-45(40)57/h1-3,6-15,20,27-28,40,48,51,58H,16-19,21-26,29-30H2,(H,49,56)(H,52,55,57). The van der Waals surface area contributed by atoms with Gasteiger partial charge in [-0.3, -0.25) is 29.3 Å². The van der Waals surface area contributed by atoms with Crippen molar-refractivity contribution in [2.45, 2.75) is 38.4 Å². The number of imide groups is 1. The van der Waals surface area contributed by atoms with Gasteiger partial charge in [0.2, 0.25) is 17.7 Å². The highest BCUT2D eigenvalue weighted by Crippen LogP contribution is 2.33. The summed E-state index contributed by atoms with van der Waals surface area (Å²) in [6.07, 6.45) is 1.16. The molecule has 4 aromatic carbocycles. The smallest absolute Gasteiger partial charge is 0.255 e. The molecule has 3 heterocycles. The summed E-state index contributed by atoms with van der Waals surface area (Å²) in [4.78, 5) is 69.4. The van der Waals surface area contributed by atoms with Crippen LogP contribution in [0.1, 0.15) is 57.4 Å². The number of rotatable bonds is 19. The van der Waals surface area contributed by atoms with Crippen molar-refractivity contribution in [3.63, 3.8) is 0 Å². The number of H-pyrrole nitrogens is 1. The van der Waals surface area contributed by atoms with Gasteiger partial charge in [-0.05, 0) is 65.9 Å². The first-order valence-electron chi connectivity index (χ1n) is 20.3. The summed E-state index contributed by atoms with van der Waals surface area (Å²) in [5.74, 6) is 3.88. The number of ether oxygens (including phenoxy) is 3. The maximum absolute atomic E-state index is 12.9. The fourth-order valence-electron chi connectivity index (χ4n) is 7.25. The molecule has 0 saturated carbocycles. The van der Waals surface area contributed by atoms with Crippen LogP contribution in [-0.2, 0) is 46.5 Å². The number of fused-ring (bicyclic) bond motifs is 2. The van der Waals surface area contributed by atoms with Gasteiger partial charge >= 0.3 is 0 Å². The number of aldehydes is 1. The Balaban J connectivity index is 0.757. The molecule has 1 atom stereocenters. The number of nitrogens with zero attached hydrogens (tertiary/aromatic N) is 2. The lowest BCUT2D eigenvalue weighted by molar-refractivity contribution is -0.137. The molecule has 1 unspecified atom stereocenters. The van der Waals surface area contributed by atoms with E-state index in [0.29, 0.717) is 91.6 Å². The maximum Gasteiger partial charge on any atom is 0.255 e. The molecule has 7 rings (SSSR count). The number of nitrogens with one attached hydrogen (secondary N) is 4. The van der Waals surface area contributed by atoms with Crippen molar-refractivity contribution in [1.29, 1.82) is 0 Å². The Hall–Kier alpha value is -6.96. The topological polar surface area (TPSA) is 201 Å². The number of carbonyl (C=O) groups excluding carboxylic acids is 5. The van der Waals surface area contributed by atoms with Gasteiger partial charge in [0, 0.05) is 53.8 Å². The third-order valence-corrected chi connectivity index (χ3v) is 10.3. The normalized spacial score (nSPS) is 15.0. The molecular formula is C47H46N6O9. The number of carbonyl (C=O) groups is 5. The number of aromatic amines is 1. The van der Waals surface area contributed by atoms with Gasteiger partial charge in [0.25, 0.3) is 5.91 Å². The fourth-order valence-corrected chi connectivity index (χ4v) is 7.25. The van der Waals surface area contributed by atoms with Crippen LogP contribution in [0.2, 0.25) is 0 Å². The number of piperidine rings is 1. The molecule has 4 amide bonds. The Morgan fingerprint density at radius 2 is 1.66 bits per heavy atom. The van der Waals surface area contributed by atoms with E-state index in [1.165, 1.54) is 4.90 Å². The van der Waals surface area contributed by atoms with Gasteiger partial charge in [-0.25, -0.2) is 4.99 Å².